The van der Waals surface area contributed by atoms with Crippen molar-refractivity contribution in [2.75, 3.05) is 20.1 Å². The highest BCUT2D eigenvalue weighted by molar-refractivity contribution is 9.11. The maximum absolute atomic E-state index is 5.63. The van der Waals surface area contributed by atoms with Gasteiger partial charge < -0.3 is 10.6 Å². The van der Waals surface area contributed by atoms with E-state index < -0.39 is 0 Å². The van der Waals surface area contributed by atoms with Crippen molar-refractivity contribution < 1.29 is 0 Å². The quantitative estimate of drug-likeness (QED) is 0.737. The summed E-state index contributed by atoms with van der Waals surface area (Å²) >= 11 is 5.27. The van der Waals surface area contributed by atoms with E-state index in [1.807, 2.05) is 0 Å². The van der Waals surface area contributed by atoms with E-state index in [2.05, 4.69) is 46.2 Å². The lowest BCUT2D eigenvalue weighted by Crippen LogP contribution is -2.19. The van der Waals surface area contributed by atoms with Gasteiger partial charge in [-0.2, -0.15) is 0 Å². The Bertz CT molecular complexity index is 327. The molecule has 4 heteroatoms. The van der Waals surface area contributed by atoms with Crippen molar-refractivity contribution in [3.05, 3.63) is 20.8 Å². The predicted molar refractivity (Wildman–Crippen MR) is 85.0 cm³/mol. The van der Waals surface area contributed by atoms with Gasteiger partial charge in [-0.3, -0.25) is 0 Å². The molecule has 1 heterocycles. The van der Waals surface area contributed by atoms with Crippen LogP contribution in [0.2, 0.25) is 0 Å². The number of halogens is 1. The highest BCUT2D eigenvalue weighted by Crippen LogP contribution is 2.21. The average molecular weight is 333 g/mol. The molecule has 1 unspecified atom stereocenters. The van der Waals surface area contributed by atoms with Gasteiger partial charge in [-0.15, -0.1) is 11.3 Å². The van der Waals surface area contributed by atoms with E-state index in [0.717, 1.165) is 19.0 Å². The third-order valence-electron chi connectivity index (χ3n) is 3.38. The van der Waals surface area contributed by atoms with Crippen molar-refractivity contribution in [2.24, 2.45) is 11.7 Å². The number of hydrogen-bond acceptors (Lipinski definition) is 3. The Morgan fingerprint density at radius 3 is 2.78 bits per heavy atom. The molecule has 1 atom stereocenters. The van der Waals surface area contributed by atoms with E-state index in [1.54, 1.807) is 11.3 Å². The number of hydrogen-bond donors (Lipinski definition) is 1. The lowest BCUT2D eigenvalue weighted by Gasteiger charge is -2.18. The molecule has 2 N–H and O–H groups in total. The van der Waals surface area contributed by atoms with Crippen molar-refractivity contribution >= 4 is 27.3 Å². The van der Waals surface area contributed by atoms with Gasteiger partial charge in [0.15, 0.2) is 0 Å². The smallest absolute Gasteiger partial charge is 0.0701 e. The zero-order valence-electron chi connectivity index (χ0n) is 11.5. The van der Waals surface area contributed by atoms with Gasteiger partial charge >= 0.3 is 0 Å². The van der Waals surface area contributed by atoms with Crippen molar-refractivity contribution in [1.82, 2.24) is 4.90 Å². The van der Waals surface area contributed by atoms with Crippen molar-refractivity contribution in [3.63, 3.8) is 0 Å². The molecular weight excluding hydrogens is 308 g/mol. The summed E-state index contributed by atoms with van der Waals surface area (Å²) in [4.78, 5) is 2.41. The zero-order valence-corrected chi connectivity index (χ0v) is 13.9. The second kappa shape index (κ2) is 9.08. The second-order valence-corrected chi connectivity index (χ2v) is 7.28. The molecule has 0 saturated carbocycles. The van der Waals surface area contributed by atoms with Crippen LogP contribution >= 0.6 is 27.3 Å². The van der Waals surface area contributed by atoms with Gasteiger partial charge in [-0.1, -0.05) is 13.3 Å². The molecule has 0 aliphatic heterocycles. The average Bonchev–Trinajstić information content (AvgIpc) is 2.73. The molecule has 0 saturated heterocycles. The first-order chi connectivity index (χ1) is 8.65. The minimum atomic E-state index is 0.818. The Morgan fingerprint density at radius 1 is 1.44 bits per heavy atom. The largest absolute Gasteiger partial charge is 0.330 e. The topological polar surface area (TPSA) is 29.3 Å². The van der Waals surface area contributed by atoms with E-state index in [-0.39, 0.29) is 0 Å². The summed E-state index contributed by atoms with van der Waals surface area (Å²) in [5.41, 5.74) is 7.03. The normalized spacial score (nSPS) is 13.2. The Balaban J connectivity index is 2.18. The molecule has 0 amide bonds. The van der Waals surface area contributed by atoms with Gasteiger partial charge in [0.1, 0.15) is 0 Å². The van der Waals surface area contributed by atoms with Crippen molar-refractivity contribution in [2.45, 2.75) is 39.2 Å². The molecule has 0 aromatic carbocycles. The molecule has 0 spiro atoms. The summed E-state index contributed by atoms with van der Waals surface area (Å²) in [5, 5.41) is 2.23. The standard InChI is InChI=1S/C14H25BrN2S/c1-3-12(6-7-16)5-4-8-17(2)10-13-9-14(15)18-11-13/h9,11-12H,3-8,10,16H2,1-2H3. The highest BCUT2D eigenvalue weighted by atomic mass is 79.9. The molecule has 104 valence electrons. The first kappa shape index (κ1) is 16.2. The maximum Gasteiger partial charge on any atom is 0.0701 e. The summed E-state index contributed by atoms with van der Waals surface area (Å²) in [7, 11) is 2.20. The lowest BCUT2D eigenvalue weighted by molar-refractivity contribution is 0.301. The fourth-order valence-corrected chi connectivity index (χ4v) is 3.46. The van der Waals surface area contributed by atoms with E-state index in [1.165, 1.54) is 41.6 Å². The van der Waals surface area contributed by atoms with Crippen LogP contribution in [0.1, 0.15) is 38.2 Å². The lowest BCUT2D eigenvalue weighted by atomic mass is 9.96. The molecule has 2 nitrogen and oxygen atoms in total. The first-order valence-corrected chi connectivity index (χ1v) is 8.44. The van der Waals surface area contributed by atoms with Gasteiger partial charge in [0.2, 0.25) is 0 Å². The van der Waals surface area contributed by atoms with Gasteiger partial charge in [0.05, 0.1) is 3.79 Å². The predicted octanol–water partition coefficient (Wildman–Crippen LogP) is 4.10. The Morgan fingerprint density at radius 2 is 2.22 bits per heavy atom. The third-order valence-corrected chi connectivity index (χ3v) is 4.93. The van der Waals surface area contributed by atoms with Crippen LogP contribution in [0.15, 0.2) is 15.2 Å². The summed E-state index contributed by atoms with van der Waals surface area (Å²) in [5.74, 6) is 0.818. The van der Waals surface area contributed by atoms with Crippen LogP contribution in [0.4, 0.5) is 0 Å². The molecule has 1 rings (SSSR count). The minimum Gasteiger partial charge on any atom is -0.330 e. The number of nitrogens with zero attached hydrogens (tertiary/aromatic N) is 1. The fraction of sp³-hybridized carbons (Fsp3) is 0.714. The molecule has 1 aromatic heterocycles. The Hall–Kier alpha value is 0.100. The van der Waals surface area contributed by atoms with E-state index >= 15 is 0 Å². The van der Waals surface area contributed by atoms with Crippen LogP contribution in [0.5, 0.6) is 0 Å². The molecule has 0 aliphatic carbocycles. The zero-order chi connectivity index (χ0) is 13.4. The summed E-state index contributed by atoms with van der Waals surface area (Å²) in [6.45, 7) is 5.33. The number of nitrogens with two attached hydrogens (primary N) is 1. The molecule has 0 aliphatic rings. The Kier molecular flexibility index (Phi) is 8.15. The highest BCUT2D eigenvalue weighted by Gasteiger charge is 2.07. The molecule has 0 bridgehead atoms. The van der Waals surface area contributed by atoms with Crippen LogP contribution in [-0.2, 0) is 6.54 Å². The van der Waals surface area contributed by atoms with Crippen molar-refractivity contribution in [1.29, 1.82) is 0 Å². The molecule has 0 radical (unpaired) electrons. The van der Waals surface area contributed by atoms with E-state index in [4.69, 9.17) is 5.73 Å². The summed E-state index contributed by atoms with van der Waals surface area (Å²) in [6, 6.07) is 2.21. The van der Waals surface area contributed by atoms with Crippen LogP contribution in [0.25, 0.3) is 0 Å². The first-order valence-electron chi connectivity index (χ1n) is 6.77. The fourth-order valence-electron chi connectivity index (χ4n) is 2.26. The number of thiophene rings is 1. The molecule has 1 aromatic rings. The van der Waals surface area contributed by atoms with Gasteiger partial charge in [0.25, 0.3) is 0 Å². The van der Waals surface area contributed by atoms with Gasteiger partial charge in [-0.25, -0.2) is 0 Å². The molecule has 18 heavy (non-hydrogen) atoms. The monoisotopic (exact) mass is 332 g/mol. The SMILES string of the molecule is CCC(CCN)CCCN(C)Cc1csc(Br)c1. The second-order valence-electron chi connectivity index (χ2n) is 4.99. The third kappa shape index (κ3) is 6.32. The van der Waals surface area contributed by atoms with Crippen LogP contribution in [0, 0.1) is 5.92 Å². The summed E-state index contributed by atoms with van der Waals surface area (Å²) in [6.07, 6.45) is 5.03. The molecular formula is C14H25BrN2S. The van der Waals surface area contributed by atoms with E-state index in [9.17, 15) is 0 Å². The minimum absolute atomic E-state index is 0.818. The van der Waals surface area contributed by atoms with Gasteiger partial charge in [0, 0.05) is 6.54 Å². The van der Waals surface area contributed by atoms with Crippen LogP contribution in [-0.4, -0.2) is 25.0 Å². The maximum atomic E-state index is 5.63. The van der Waals surface area contributed by atoms with Crippen LogP contribution < -0.4 is 5.73 Å². The number of rotatable bonds is 9. The Labute approximate surface area is 124 Å². The van der Waals surface area contributed by atoms with Gasteiger partial charge in [-0.05, 0) is 78.3 Å². The van der Waals surface area contributed by atoms with Crippen LogP contribution in [0.3, 0.4) is 0 Å². The van der Waals surface area contributed by atoms with E-state index in [0.29, 0.717) is 0 Å². The summed E-state index contributed by atoms with van der Waals surface area (Å²) < 4.78 is 1.22. The van der Waals surface area contributed by atoms with Crippen molar-refractivity contribution in [3.8, 4) is 0 Å². The molecule has 0 fully saturated rings.